The van der Waals surface area contributed by atoms with Crippen molar-refractivity contribution >= 4 is 28.3 Å². The van der Waals surface area contributed by atoms with Gasteiger partial charge >= 0.3 is 0 Å². The largest absolute Gasteiger partial charge is 0.493 e. The van der Waals surface area contributed by atoms with Gasteiger partial charge in [-0.2, -0.15) is 0 Å². The Balaban J connectivity index is 1.52. The quantitative estimate of drug-likeness (QED) is 0.434. The van der Waals surface area contributed by atoms with Gasteiger partial charge < -0.3 is 24.6 Å². The summed E-state index contributed by atoms with van der Waals surface area (Å²) >= 11 is 0. The van der Waals surface area contributed by atoms with Crippen LogP contribution in [0.1, 0.15) is 10.4 Å². The van der Waals surface area contributed by atoms with Crippen LogP contribution in [0.4, 0.5) is 11.5 Å². The number of nitrogens with zero attached hydrogens (tertiary/aromatic N) is 4. The summed E-state index contributed by atoms with van der Waals surface area (Å²) in [6.07, 6.45) is 0. The summed E-state index contributed by atoms with van der Waals surface area (Å²) < 4.78 is 11.0. The van der Waals surface area contributed by atoms with E-state index in [0.29, 0.717) is 34.2 Å². The summed E-state index contributed by atoms with van der Waals surface area (Å²) in [6, 6.07) is 21.1. The number of fused-ring (bicyclic) bond motifs is 1. The van der Waals surface area contributed by atoms with Crippen LogP contribution in [0.3, 0.4) is 0 Å². The predicted octanol–water partition coefficient (Wildman–Crippen LogP) is 4.45. The maximum Gasteiger partial charge on any atom is 0.253 e. The number of rotatable bonds is 6. The van der Waals surface area contributed by atoms with Crippen molar-refractivity contribution in [2.24, 2.45) is 0 Å². The molecular weight excluding hydrogens is 454 g/mol. The van der Waals surface area contributed by atoms with Gasteiger partial charge in [0, 0.05) is 54.4 Å². The van der Waals surface area contributed by atoms with E-state index in [2.05, 4.69) is 17.3 Å². The van der Waals surface area contributed by atoms with Crippen LogP contribution in [-0.4, -0.2) is 73.1 Å². The van der Waals surface area contributed by atoms with E-state index < -0.39 is 0 Å². The minimum Gasteiger partial charge on any atom is -0.493 e. The first-order valence-corrected chi connectivity index (χ1v) is 11.9. The number of para-hydroxylation sites is 1. The van der Waals surface area contributed by atoms with E-state index in [1.807, 2.05) is 71.6 Å². The second-order valence-corrected chi connectivity index (χ2v) is 8.78. The predicted molar refractivity (Wildman–Crippen MR) is 141 cm³/mol. The fraction of sp³-hybridized carbons (Fsp3) is 0.250. The van der Waals surface area contributed by atoms with Gasteiger partial charge in [-0.15, -0.1) is 0 Å². The first-order chi connectivity index (χ1) is 17.6. The highest BCUT2D eigenvalue weighted by Gasteiger charge is 2.21. The molecule has 1 saturated heterocycles. The molecule has 0 radical (unpaired) electrons. The smallest absolute Gasteiger partial charge is 0.253 e. The van der Waals surface area contributed by atoms with Crippen LogP contribution < -0.4 is 14.8 Å². The molecule has 1 aromatic heterocycles. The molecule has 0 aliphatic carbocycles. The number of nitrogens with one attached hydrogen (secondary N) is 1. The van der Waals surface area contributed by atoms with Gasteiger partial charge in [0.05, 0.1) is 19.7 Å². The van der Waals surface area contributed by atoms with Crippen molar-refractivity contribution in [2.45, 2.75) is 0 Å². The lowest BCUT2D eigenvalue weighted by Crippen LogP contribution is -2.47. The first kappa shape index (κ1) is 23.6. The Labute approximate surface area is 210 Å². The third-order valence-corrected chi connectivity index (χ3v) is 6.42. The molecule has 1 N–H and O–H groups in total. The zero-order chi connectivity index (χ0) is 25.1. The molecule has 8 nitrogen and oxygen atoms in total. The number of amides is 1. The van der Waals surface area contributed by atoms with E-state index in [0.717, 1.165) is 42.8 Å². The molecule has 0 saturated carbocycles. The zero-order valence-electron chi connectivity index (χ0n) is 20.7. The lowest BCUT2D eigenvalue weighted by molar-refractivity contribution is 0.0664. The molecule has 1 aliphatic rings. The van der Waals surface area contributed by atoms with E-state index >= 15 is 0 Å². The summed E-state index contributed by atoms with van der Waals surface area (Å²) in [5, 5.41) is 4.22. The van der Waals surface area contributed by atoms with Crippen LogP contribution in [0.5, 0.6) is 11.5 Å². The number of piperazine rings is 1. The third kappa shape index (κ3) is 4.81. The molecule has 36 heavy (non-hydrogen) atoms. The maximum atomic E-state index is 13.0. The number of methoxy groups -OCH3 is 2. The lowest BCUT2D eigenvalue weighted by Gasteiger charge is -2.32. The number of anilines is 2. The van der Waals surface area contributed by atoms with Gasteiger partial charge in [-0.3, -0.25) is 4.79 Å². The molecule has 0 unspecified atom stereocenters. The summed E-state index contributed by atoms with van der Waals surface area (Å²) in [4.78, 5) is 26.8. The second-order valence-electron chi connectivity index (χ2n) is 8.78. The number of carbonyl (C=O) groups excluding carboxylic acids is 1. The van der Waals surface area contributed by atoms with Crippen LogP contribution in [0, 0.1) is 0 Å². The SMILES string of the molecule is COc1cc2nc(-c3ccc(C(=O)N4CCN(C)CC4)cc3)nc(Nc3ccccc3)c2cc1OC. The summed E-state index contributed by atoms with van der Waals surface area (Å²) in [6.45, 7) is 3.26. The van der Waals surface area contributed by atoms with Gasteiger partial charge in [-0.1, -0.05) is 30.3 Å². The lowest BCUT2D eigenvalue weighted by atomic mass is 10.1. The van der Waals surface area contributed by atoms with E-state index in [-0.39, 0.29) is 5.91 Å². The van der Waals surface area contributed by atoms with E-state index in [1.165, 1.54) is 0 Å². The minimum absolute atomic E-state index is 0.0531. The van der Waals surface area contributed by atoms with E-state index in [1.54, 1.807) is 14.2 Å². The van der Waals surface area contributed by atoms with Gasteiger partial charge in [0.15, 0.2) is 17.3 Å². The van der Waals surface area contributed by atoms with Gasteiger partial charge in [-0.05, 0) is 37.4 Å². The average molecular weight is 484 g/mol. The van der Waals surface area contributed by atoms with E-state index in [4.69, 9.17) is 19.4 Å². The topological polar surface area (TPSA) is 79.8 Å². The first-order valence-electron chi connectivity index (χ1n) is 11.9. The number of aromatic nitrogens is 2. The summed E-state index contributed by atoms with van der Waals surface area (Å²) in [7, 11) is 5.28. The number of likely N-dealkylation sites (N-methyl/N-ethyl adjacent to an activating group) is 1. The molecule has 0 spiro atoms. The van der Waals surface area contributed by atoms with Crippen molar-refractivity contribution in [3.05, 3.63) is 72.3 Å². The fourth-order valence-electron chi connectivity index (χ4n) is 4.29. The van der Waals surface area contributed by atoms with Crippen LogP contribution in [0.2, 0.25) is 0 Å². The Morgan fingerprint density at radius 2 is 1.53 bits per heavy atom. The van der Waals surface area contributed by atoms with Crippen molar-refractivity contribution in [2.75, 3.05) is 52.8 Å². The second kappa shape index (κ2) is 10.2. The highest BCUT2D eigenvalue weighted by atomic mass is 16.5. The van der Waals surface area contributed by atoms with Gasteiger partial charge in [-0.25, -0.2) is 9.97 Å². The molecular formula is C28H29N5O3. The third-order valence-electron chi connectivity index (χ3n) is 6.42. The summed E-state index contributed by atoms with van der Waals surface area (Å²) in [5.41, 5.74) is 3.11. The normalized spacial score (nSPS) is 14.0. The van der Waals surface area contributed by atoms with E-state index in [9.17, 15) is 4.79 Å². The summed E-state index contributed by atoms with van der Waals surface area (Å²) in [5.74, 6) is 2.45. The molecule has 1 amide bonds. The number of hydrogen-bond donors (Lipinski definition) is 1. The molecule has 1 aliphatic heterocycles. The Hall–Kier alpha value is -4.17. The van der Waals surface area contributed by atoms with Crippen molar-refractivity contribution < 1.29 is 14.3 Å². The monoisotopic (exact) mass is 483 g/mol. The van der Waals surface area contributed by atoms with Crippen LogP contribution in [0.15, 0.2) is 66.7 Å². The average Bonchev–Trinajstić information content (AvgIpc) is 2.93. The van der Waals surface area contributed by atoms with Gasteiger partial charge in [0.25, 0.3) is 5.91 Å². The van der Waals surface area contributed by atoms with Gasteiger partial charge in [0.2, 0.25) is 0 Å². The minimum atomic E-state index is 0.0531. The van der Waals surface area contributed by atoms with Crippen LogP contribution in [-0.2, 0) is 0 Å². The Kier molecular flexibility index (Phi) is 6.69. The standard InChI is InChI=1S/C28H29N5O3/c1-32-13-15-33(16-14-32)28(34)20-11-9-19(10-12-20)26-30-23-18-25(36-3)24(35-2)17-22(23)27(31-26)29-21-7-5-4-6-8-21/h4-12,17-18H,13-16H2,1-3H3,(H,29,30,31). The van der Waals surface area contributed by atoms with Crippen molar-refractivity contribution in [3.8, 4) is 22.9 Å². The molecule has 0 bridgehead atoms. The Morgan fingerprint density at radius 1 is 0.861 bits per heavy atom. The zero-order valence-corrected chi connectivity index (χ0v) is 20.7. The molecule has 3 aromatic carbocycles. The fourth-order valence-corrected chi connectivity index (χ4v) is 4.29. The van der Waals surface area contributed by atoms with Gasteiger partial charge in [0.1, 0.15) is 5.82 Å². The van der Waals surface area contributed by atoms with Crippen LogP contribution >= 0.6 is 0 Å². The van der Waals surface area contributed by atoms with Crippen LogP contribution in [0.25, 0.3) is 22.3 Å². The molecule has 8 heteroatoms. The number of ether oxygens (including phenoxy) is 2. The van der Waals surface area contributed by atoms with Crippen molar-refractivity contribution in [1.29, 1.82) is 0 Å². The molecule has 1 fully saturated rings. The molecule has 0 atom stereocenters. The Bertz CT molecular complexity index is 1370. The number of carbonyl (C=O) groups is 1. The maximum absolute atomic E-state index is 13.0. The van der Waals surface area contributed by atoms with Crippen molar-refractivity contribution in [1.82, 2.24) is 19.8 Å². The van der Waals surface area contributed by atoms with Crippen molar-refractivity contribution in [3.63, 3.8) is 0 Å². The number of benzene rings is 3. The molecule has 5 rings (SSSR count). The Morgan fingerprint density at radius 3 is 2.19 bits per heavy atom. The molecule has 4 aromatic rings. The molecule has 2 heterocycles. The number of hydrogen-bond acceptors (Lipinski definition) is 7. The highest BCUT2D eigenvalue weighted by Crippen LogP contribution is 2.36. The highest BCUT2D eigenvalue weighted by molar-refractivity contribution is 5.96. The molecule has 184 valence electrons.